The topological polar surface area (TPSA) is 40.6 Å². The van der Waals surface area contributed by atoms with E-state index < -0.39 is 50.7 Å². The number of carbonyl (C=O) groups excluding carboxylic acids is 2. The second kappa shape index (κ2) is 12.7. The van der Waals surface area contributed by atoms with Crippen LogP contribution in [0.25, 0.3) is 0 Å². The van der Waals surface area contributed by atoms with Crippen molar-refractivity contribution >= 4 is 19.6 Å². The van der Waals surface area contributed by atoms with Crippen molar-refractivity contribution in [3.05, 3.63) is 103 Å². The van der Waals surface area contributed by atoms with Crippen molar-refractivity contribution in [1.82, 2.24) is 9.80 Å². The predicted octanol–water partition coefficient (Wildman–Crippen LogP) is 6.64. The van der Waals surface area contributed by atoms with Crippen LogP contribution in [0.3, 0.4) is 0 Å². The first-order chi connectivity index (χ1) is 22.3. The zero-order valence-corrected chi connectivity index (χ0v) is 29.1. The Hall–Kier alpha value is -3.23. The molecule has 0 N–H and O–H groups in total. The number of allylic oxidation sites excluding steroid dienone is 8. The molecule has 9 heteroatoms. The molecule has 6 rings (SSSR count). The fourth-order valence-corrected chi connectivity index (χ4v) is 16.1. The molecule has 0 bridgehead atoms. The van der Waals surface area contributed by atoms with Crippen molar-refractivity contribution in [3.63, 3.8) is 0 Å². The Morgan fingerprint density at radius 3 is 1.38 bits per heavy atom. The standard InChI is InChI=1S/2C14H16F2NO.2C5H5.Ti/c2*1-14(2)6-8-17(13(14)18)7-5-10-3-4-11(15)9-12(10)16;2*1-2-4-5-3-1;/h2*3-4H,5-8H2,1-2H3;2*1-3H,4H2;. The average molecular weight is 683 g/mol. The Morgan fingerprint density at radius 1 is 0.660 bits per heavy atom. The minimum absolute atomic E-state index is 0.00299. The molecule has 2 amide bonds. The van der Waals surface area contributed by atoms with Gasteiger partial charge in [0.05, 0.1) is 0 Å². The molecular formula is C38H42F4N2O2Ti. The molecule has 2 aliphatic heterocycles. The van der Waals surface area contributed by atoms with Crippen LogP contribution in [-0.2, 0) is 39.0 Å². The second-order valence-electron chi connectivity index (χ2n) is 14.5. The Kier molecular flexibility index (Phi) is 9.07. The van der Waals surface area contributed by atoms with E-state index in [2.05, 4.69) is 0 Å². The summed E-state index contributed by atoms with van der Waals surface area (Å²) in [5.74, 6) is -3.22. The predicted molar refractivity (Wildman–Crippen MR) is 173 cm³/mol. The van der Waals surface area contributed by atoms with Gasteiger partial charge in [-0.3, -0.25) is 0 Å². The van der Waals surface area contributed by atoms with Crippen LogP contribution in [-0.4, -0.2) is 47.8 Å². The summed E-state index contributed by atoms with van der Waals surface area (Å²) in [4.78, 5) is 29.2. The second-order valence-corrected chi connectivity index (χ2v) is 20.5. The maximum atomic E-state index is 17.1. The van der Waals surface area contributed by atoms with E-state index in [1.165, 1.54) is 24.3 Å². The SMILES string of the molecule is CC1(C)CCN(CCc2ccc(F)[c]([Ti]([C]3=CC=CC3)([C]3=CC=CC3)[c]3c(F)ccc(CCN4CCC(C)(C)C4=O)c3F)c2F)C1=O. The van der Waals surface area contributed by atoms with Gasteiger partial charge in [0.1, 0.15) is 0 Å². The van der Waals surface area contributed by atoms with Gasteiger partial charge in [-0.1, -0.05) is 0 Å². The third-order valence-electron chi connectivity index (χ3n) is 10.6. The fourth-order valence-electron chi connectivity index (χ4n) is 7.73. The molecule has 47 heavy (non-hydrogen) atoms. The number of hydrogen-bond acceptors (Lipinski definition) is 2. The van der Waals surface area contributed by atoms with Crippen molar-refractivity contribution in [3.8, 4) is 0 Å². The van der Waals surface area contributed by atoms with Gasteiger partial charge >= 0.3 is 279 Å². The van der Waals surface area contributed by atoms with Crippen molar-refractivity contribution in [2.75, 3.05) is 26.2 Å². The molecule has 2 heterocycles. The van der Waals surface area contributed by atoms with Gasteiger partial charge < -0.3 is 0 Å². The van der Waals surface area contributed by atoms with E-state index in [0.29, 0.717) is 46.5 Å². The number of amides is 2. The summed E-state index contributed by atoms with van der Waals surface area (Å²) in [5, 5.41) is 0. The van der Waals surface area contributed by atoms with Gasteiger partial charge in [-0.15, -0.1) is 0 Å². The van der Waals surface area contributed by atoms with Gasteiger partial charge in [0, 0.05) is 0 Å². The number of halogens is 4. The van der Waals surface area contributed by atoms with Crippen LogP contribution in [0.2, 0.25) is 0 Å². The summed E-state index contributed by atoms with van der Waals surface area (Å²) in [5.41, 5.74) is -0.531. The molecule has 2 aromatic rings. The third-order valence-corrected chi connectivity index (χ3v) is 18.6. The Labute approximate surface area is 278 Å². The van der Waals surface area contributed by atoms with Crippen LogP contribution in [0, 0.1) is 34.1 Å². The normalized spacial score (nSPS) is 20.2. The number of rotatable bonds is 10. The first-order valence-corrected chi connectivity index (χ1v) is 19.7. The first kappa shape index (κ1) is 33.7. The molecule has 0 unspecified atom stereocenters. The number of hydrogen-bond donors (Lipinski definition) is 0. The van der Waals surface area contributed by atoms with Crippen molar-refractivity contribution < 1.29 is 43.7 Å². The third kappa shape index (κ3) is 5.80. The van der Waals surface area contributed by atoms with Gasteiger partial charge in [0.2, 0.25) is 0 Å². The van der Waals surface area contributed by atoms with Crippen molar-refractivity contribution in [1.29, 1.82) is 0 Å². The van der Waals surface area contributed by atoms with Crippen LogP contribution in [0.4, 0.5) is 17.6 Å². The van der Waals surface area contributed by atoms with Crippen LogP contribution in [0.5, 0.6) is 0 Å². The van der Waals surface area contributed by atoms with Crippen LogP contribution >= 0.6 is 0 Å². The van der Waals surface area contributed by atoms with E-state index in [9.17, 15) is 9.59 Å². The van der Waals surface area contributed by atoms with Gasteiger partial charge in [0.15, 0.2) is 0 Å². The van der Waals surface area contributed by atoms with Gasteiger partial charge in [-0.05, 0) is 0 Å². The Balaban J connectivity index is 1.48. The molecule has 2 fully saturated rings. The quantitative estimate of drug-likeness (QED) is 0.209. The zero-order valence-electron chi connectivity index (χ0n) is 27.6. The summed E-state index contributed by atoms with van der Waals surface area (Å²) in [6.45, 7) is 9.21. The number of nitrogens with zero attached hydrogens (tertiary/aromatic N) is 2. The molecular weight excluding hydrogens is 640 g/mol. The van der Waals surface area contributed by atoms with Crippen LogP contribution < -0.4 is 7.74 Å². The van der Waals surface area contributed by atoms with Gasteiger partial charge in [-0.25, -0.2) is 0 Å². The van der Waals surface area contributed by atoms with Gasteiger partial charge in [-0.2, -0.15) is 0 Å². The summed E-state index contributed by atoms with van der Waals surface area (Å²) in [6, 6.07) is 5.23. The fraction of sp³-hybridized carbons (Fsp3) is 0.421. The molecule has 4 nitrogen and oxygen atoms in total. The number of carbonyl (C=O) groups is 2. The number of benzene rings is 2. The minimum atomic E-state index is -4.97. The molecule has 0 spiro atoms. The Morgan fingerprint density at radius 2 is 1.06 bits per heavy atom. The van der Waals surface area contributed by atoms with E-state index in [-0.39, 0.29) is 56.6 Å². The van der Waals surface area contributed by atoms with Crippen molar-refractivity contribution in [2.45, 2.75) is 66.2 Å². The molecule has 2 saturated heterocycles. The van der Waals surface area contributed by atoms with E-state index >= 15 is 17.6 Å². The molecule has 0 aromatic heterocycles. The molecule has 2 aliphatic carbocycles. The Bertz CT molecular complexity index is 1630. The first-order valence-electron chi connectivity index (χ1n) is 16.5. The molecule has 0 saturated carbocycles. The summed E-state index contributed by atoms with van der Waals surface area (Å²) >= 11 is -4.97. The average Bonchev–Trinajstić information content (AvgIpc) is 3.84. The molecule has 4 aliphatic rings. The van der Waals surface area contributed by atoms with Crippen LogP contribution in [0.15, 0.2) is 68.5 Å². The molecule has 0 atom stereocenters. The summed E-state index contributed by atoms with van der Waals surface area (Å²) in [6.07, 6.45) is 13.2. The molecule has 248 valence electrons. The molecule has 2 aromatic carbocycles. The zero-order chi connectivity index (χ0) is 33.7. The van der Waals surface area contributed by atoms with E-state index in [1.54, 1.807) is 34.1 Å². The maximum absolute atomic E-state index is 17.1. The molecule has 0 radical (unpaired) electrons. The van der Waals surface area contributed by atoms with E-state index in [4.69, 9.17) is 0 Å². The van der Waals surface area contributed by atoms with Gasteiger partial charge in [0.25, 0.3) is 0 Å². The summed E-state index contributed by atoms with van der Waals surface area (Å²) < 4.78 is 67.9. The number of likely N-dealkylation sites (tertiary alicyclic amines) is 2. The summed E-state index contributed by atoms with van der Waals surface area (Å²) in [7, 11) is 0. The monoisotopic (exact) mass is 682 g/mol. The van der Waals surface area contributed by atoms with E-state index in [1.807, 2.05) is 39.8 Å². The van der Waals surface area contributed by atoms with Crippen molar-refractivity contribution in [2.24, 2.45) is 10.8 Å². The van der Waals surface area contributed by atoms with E-state index in [0.717, 1.165) is 0 Å². The van der Waals surface area contributed by atoms with Crippen LogP contribution in [0.1, 0.15) is 64.5 Å².